The zero-order chi connectivity index (χ0) is 8.69. The van der Waals surface area contributed by atoms with Gasteiger partial charge in [0.05, 0.1) is 0 Å². The Morgan fingerprint density at radius 2 is 2.00 bits per heavy atom. The summed E-state index contributed by atoms with van der Waals surface area (Å²) in [6, 6.07) is 4.02. The number of rotatable bonds is 1. The molecule has 1 aromatic heterocycles. The molecule has 0 N–H and O–H groups in total. The molecule has 0 atom stereocenters. The maximum atomic E-state index is 4.15. The highest BCUT2D eigenvalue weighted by molar-refractivity contribution is 9.10. The average Bonchev–Trinajstić information content (AvgIpc) is 2.10. The SMILES string of the molecule is CC.CCc1ccc(Br)cn1. The summed E-state index contributed by atoms with van der Waals surface area (Å²) >= 11 is 3.31. The van der Waals surface area contributed by atoms with E-state index in [1.807, 2.05) is 32.2 Å². The number of halogens is 1. The van der Waals surface area contributed by atoms with Crippen LogP contribution in [0.4, 0.5) is 0 Å². The van der Waals surface area contributed by atoms with Crippen molar-refractivity contribution in [2.24, 2.45) is 0 Å². The van der Waals surface area contributed by atoms with Crippen LogP contribution in [-0.4, -0.2) is 4.98 Å². The fraction of sp³-hybridized carbons (Fsp3) is 0.444. The van der Waals surface area contributed by atoms with Gasteiger partial charge in [-0.2, -0.15) is 0 Å². The van der Waals surface area contributed by atoms with Crippen molar-refractivity contribution in [3.63, 3.8) is 0 Å². The fourth-order valence-corrected chi connectivity index (χ4v) is 0.850. The van der Waals surface area contributed by atoms with Gasteiger partial charge in [-0.15, -0.1) is 0 Å². The summed E-state index contributed by atoms with van der Waals surface area (Å²) in [4.78, 5) is 4.15. The van der Waals surface area contributed by atoms with Crippen LogP contribution in [0.25, 0.3) is 0 Å². The molecule has 1 heterocycles. The second-order valence-corrected chi connectivity index (χ2v) is 2.74. The van der Waals surface area contributed by atoms with Crippen LogP contribution in [0.15, 0.2) is 22.8 Å². The molecule has 62 valence electrons. The third-order valence-electron chi connectivity index (χ3n) is 1.15. The Bertz CT molecular complexity index is 181. The van der Waals surface area contributed by atoms with Crippen molar-refractivity contribution < 1.29 is 0 Å². The largest absolute Gasteiger partial charge is 0.260 e. The lowest BCUT2D eigenvalue weighted by atomic mass is 10.3. The number of aromatic nitrogens is 1. The molecule has 0 aromatic carbocycles. The third-order valence-corrected chi connectivity index (χ3v) is 1.62. The Hall–Kier alpha value is -0.370. The lowest BCUT2D eigenvalue weighted by molar-refractivity contribution is 1.03. The van der Waals surface area contributed by atoms with E-state index in [4.69, 9.17) is 0 Å². The van der Waals surface area contributed by atoms with Crippen LogP contribution in [0.3, 0.4) is 0 Å². The zero-order valence-electron chi connectivity index (χ0n) is 7.26. The minimum atomic E-state index is 1.01. The summed E-state index contributed by atoms with van der Waals surface area (Å²) < 4.78 is 1.04. The molecule has 0 spiro atoms. The predicted molar refractivity (Wildman–Crippen MR) is 52.7 cm³/mol. The van der Waals surface area contributed by atoms with Gasteiger partial charge < -0.3 is 0 Å². The van der Waals surface area contributed by atoms with Crippen LogP contribution in [0.1, 0.15) is 26.5 Å². The van der Waals surface area contributed by atoms with E-state index in [-0.39, 0.29) is 0 Å². The van der Waals surface area contributed by atoms with Crippen LogP contribution in [-0.2, 0) is 6.42 Å². The second kappa shape index (κ2) is 6.35. The molecule has 0 saturated carbocycles. The van der Waals surface area contributed by atoms with E-state index in [2.05, 4.69) is 27.8 Å². The van der Waals surface area contributed by atoms with Crippen molar-refractivity contribution in [2.75, 3.05) is 0 Å². The summed E-state index contributed by atoms with van der Waals surface area (Å²) in [5.74, 6) is 0. The van der Waals surface area contributed by atoms with Crippen molar-refractivity contribution in [1.82, 2.24) is 4.98 Å². The summed E-state index contributed by atoms with van der Waals surface area (Å²) in [5.41, 5.74) is 1.14. The Morgan fingerprint density at radius 3 is 2.36 bits per heavy atom. The molecule has 0 radical (unpaired) electrons. The van der Waals surface area contributed by atoms with E-state index in [9.17, 15) is 0 Å². The maximum Gasteiger partial charge on any atom is 0.0413 e. The zero-order valence-corrected chi connectivity index (χ0v) is 8.85. The number of hydrogen-bond donors (Lipinski definition) is 0. The van der Waals surface area contributed by atoms with Gasteiger partial charge in [0, 0.05) is 16.4 Å². The minimum absolute atomic E-state index is 1.01. The van der Waals surface area contributed by atoms with Gasteiger partial charge in [-0.05, 0) is 34.5 Å². The maximum absolute atomic E-state index is 4.15. The van der Waals surface area contributed by atoms with Gasteiger partial charge >= 0.3 is 0 Å². The summed E-state index contributed by atoms with van der Waals surface area (Å²) in [5, 5.41) is 0. The highest BCUT2D eigenvalue weighted by Gasteiger charge is 1.87. The molecule has 0 aliphatic heterocycles. The van der Waals surface area contributed by atoms with Gasteiger partial charge in [-0.3, -0.25) is 4.98 Å². The average molecular weight is 216 g/mol. The Morgan fingerprint density at radius 1 is 1.36 bits per heavy atom. The molecular formula is C9H14BrN. The molecule has 0 fully saturated rings. The van der Waals surface area contributed by atoms with Crippen LogP contribution in [0.5, 0.6) is 0 Å². The van der Waals surface area contributed by atoms with Crippen LogP contribution < -0.4 is 0 Å². The molecule has 1 rings (SSSR count). The molecule has 0 aliphatic carbocycles. The predicted octanol–water partition coefficient (Wildman–Crippen LogP) is 3.43. The molecule has 1 nitrogen and oxygen atoms in total. The van der Waals surface area contributed by atoms with E-state index in [0.717, 1.165) is 16.6 Å². The fourth-order valence-electron chi connectivity index (χ4n) is 0.616. The van der Waals surface area contributed by atoms with Crippen molar-refractivity contribution >= 4 is 15.9 Å². The third kappa shape index (κ3) is 4.14. The van der Waals surface area contributed by atoms with E-state index < -0.39 is 0 Å². The number of aryl methyl sites for hydroxylation is 1. The van der Waals surface area contributed by atoms with Crippen LogP contribution in [0, 0.1) is 0 Å². The second-order valence-electron chi connectivity index (χ2n) is 1.82. The molecule has 0 saturated heterocycles. The topological polar surface area (TPSA) is 12.9 Å². The van der Waals surface area contributed by atoms with Gasteiger partial charge in [0.1, 0.15) is 0 Å². The first-order chi connectivity index (χ1) is 5.33. The summed E-state index contributed by atoms with van der Waals surface area (Å²) in [7, 11) is 0. The van der Waals surface area contributed by atoms with Gasteiger partial charge in [-0.1, -0.05) is 20.8 Å². The van der Waals surface area contributed by atoms with Crippen molar-refractivity contribution in [3.05, 3.63) is 28.5 Å². The van der Waals surface area contributed by atoms with Gasteiger partial charge in [0.15, 0.2) is 0 Å². The smallest absolute Gasteiger partial charge is 0.0413 e. The standard InChI is InChI=1S/C7H8BrN.C2H6/c1-2-7-4-3-6(8)5-9-7;1-2/h3-5H,2H2,1H3;1-2H3. The molecule has 2 heteroatoms. The van der Waals surface area contributed by atoms with E-state index in [1.165, 1.54) is 0 Å². The monoisotopic (exact) mass is 215 g/mol. The Kier molecular flexibility index (Phi) is 6.13. The lowest BCUT2D eigenvalue weighted by Crippen LogP contribution is -1.83. The normalized spacial score (nSPS) is 8.36. The highest BCUT2D eigenvalue weighted by Crippen LogP contribution is 2.06. The van der Waals surface area contributed by atoms with Crippen molar-refractivity contribution in [2.45, 2.75) is 27.2 Å². The van der Waals surface area contributed by atoms with Crippen molar-refractivity contribution in [3.8, 4) is 0 Å². The summed E-state index contributed by atoms with van der Waals surface area (Å²) in [6.45, 7) is 6.09. The Labute approximate surface area is 77.0 Å². The van der Waals surface area contributed by atoms with E-state index in [0.29, 0.717) is 0 Å². The first kappa shape index (κ1) is 10.6. The Balaban J connectivity index is 0.000000461. The number of nitrogens with zero attached hydrogens (tertiary/aromatic N) is 1. The quantitative estimate of drug-likeness (QED) is 0.700. The first-order valence-corrected chi connectivity index (χ1v) is 4.72. The molecule has 11 heavy (non-hydrogen) atoms. The van der Waals surface area contributed by atoms with Gasteiger partial charge in [-0.25, -0.2) is 0 Å². The first-order valence-electron chi connectivity index (χ1n) is 3.93. The van der Waals surface area contributed by atoms with Crippen LogP contribution >= 0.6 is 15.9 Å². The molecule has 0 bridgehead atoms. The van der Waals surface area contributed by atoms with Gasteiger partial charge in [0.2, 0.25) is 0 Å². The molecule has 1 aromatic rings. The minimum Gasteiger partial charge on any atom is -0.260 e. The van der Waals surface area contributed by atoms with Gasteiger partial charge in [0.25, 0.3) is 0 Å². The molecule has 0 aliphatic rings. The molecular weight excluding hydrogens is 202 g/mol. The van der Waals surface area contributed by atoms with Crippen molar-refractivity contribution in [1.29, 1.82) is 0 Å². The number of hydrogen-bond acceptors (Lipinski definition) is 1. The molecule has 0 amide bonds. The van der Waals surface area contributed by atoms with Crippen LogP contribution in [0.2, 0.25) is 0 Å². The summed E-state index contributed by atoms with van der Waals surface area (Å²) in [6.07, 6.45) is 2.83. The lowest BCUT2D eigenvalue weighted by Gasteiger charge is -1.92. The highest BCUT2D eigenvalue weighted by atomic mass is 79.9. The van der Waals surface area contributed by atoms with E-state index >= 15 is 0 Å². The molecule has 0 unspecified atom stereocenters. The van der Waals surface area contributed by atoms with E-state index in [1.54, 1.807) is 0 Å². The number of pyridine rings is 1.